The summed E-state index contributed by atoms with van der Waals surface area (Å²) in [5, 5.41) is 0. The third-order valence-corrected chi connectivity index (χ3v) is 9.37. The number of hydrogen-bond acceptors (Lipinski definition) is 3. The van der Waals surface area contributed by atoms with Gasteiger partial charge in [-0.3, -0.25) is 0 Å². The summed E-state index contributed by atoms with van der Waals surface area (Å²) in [6, 6.07) is 7.19. The molecule has 6 rings (SSSR count). The van der Waals surface area contributed by atoms with Gasteiger partial charge < -0.3 is 4.74 Å². The lowest BCUT2D eigenvalue weighted by Crippen LogP contribution is -2.54. The van der Waals surface area contributed by atoms with Gasteiger partial charge in [0, 0.05) is 13.1 Å². The number of piperidine rings is 1. The molecule has 148 valence electrons. The van der Waals surface area contributed by atoms with Crippen LogP contribution < -0.4 is 0 Å². The van der Waals surface area contributed by atoms with Crippen molar-refractivity contribution in [2.45, 2.75) is 74.9 Å². The first-order chi connectivity index (χ1) is 12.9. The van der Waals surface area contributed by atoms with Gasteiger partial charge in [-0.05, 0) is 88.2 Å². The summed E-state index contributed by atoms with van der Waals surface area (Å²) in [6.45, 7) is 3.13. The average molecular weight is 390 g/mol. The van der Waals surface area contributed by atoms with Crippen molar-refractivity contribution in [3.8, 4) is 0 Å². The predicted octanol–water partition coefficient (Wildman–Crippen LogP) is 4.13. The third kappa shape index (κ3) is 3.36. The van der Waals surface area contributed by atoms with E-state index in [9.17, 15) is 8.42 Å². The lowest BCUT2D eigenvalue weighted by molar-refractivity contribution is -0.193. The van der Waals surface area contributed by atoms with Crippen LogP contribution in [0.3, 0.4) is 0 Å². The summed E-state index contributed by atoms with van der Waals surface area (Å²) >= 11 is 0. The summed E-state index contributed by atoms with van der Waals surface area (Å²) < 4.78 is 34.2. The van der Waals surface area contributed by atoms with E-state index in [1.807, 2.05) is 19.1 Å². The molecule has 4 saturated carbocycles. The van der Waals surface area contributed by atoms with Crippen LogP contribution in [0, 0.1) is 24.7 Å². The van der Waals surface area contributed by atoms with Crippen molar-refractivity contribution in [1.29, 1.82) is 0 Å². The first kappa shape index (κ1) is 18.1. The van der Waals surface area contributed by atoms with Crippen molar-refractivity contribution < 1.29 is 13.2 Å². The molecule has 1 aromatic carbocycles. The maximum atomic E-state index is 12.9. The van der Waals surface area contributed by atoms with Crippen molar-refractivity contribution >= 4 is 10.0 Å². The van der Waals surface area contributed by atoms with Gasteiger partial charge in [-0.15, -0.1) is 0 Å². The zero-order valence-electron chi connectivity index (χ0n) is 16.3. The zero-order valence-corrected chi connectivity index (χ0v) is 17.1. The number of hydrogen-bond donors (Lipinski definition) is 0. The van der Waals surface area contributed by atoms with Gasteiger partial charge in [0.2, 0.25) is 10.0 Å². The molecule has 1 aromatic rings. The summed E-state index contributed by atoms with van der Waals surface area (Å²) in [5.41, 5.74) is 1.20. The zero-order chi connectivity index (χ0) is 18.6. The molecular formula is C22H31NO3S. The molecule has 0 spiro atoms. The normalized spacial score (nSPS) is 37.0. The highest BCUT2D eigenvalue weighted by Crippen LogP contribution is 2.57. The Morgan fingerprint density at radius 1 is 0.926 bits per heavy atom. The Kier molecular flexibility index (Phi) is 4.41. The molecule has 4 bridgehead atoms. The summed E-state index contributed by atoms with van der Waals surface area (Å²) in [6.07, 6.45) is 9.91. The minimum Gasteiger partial charge on any atom is -0.372 e. The Bertz CT molecular complexity index is 758. The molecule has 0 radical (unpaired) electrons. The summed E-state index contributed by atoms with van der Waals surface area (Å²) in [7, 11) is -3.38. The molecule has 27 heavy (non-hydrogen) atoms. The van der Waals surface area contributed by atoms with E-state index in [-0.39, 0.29) is 11.7 Å². The van der Waals surface area contributed by atoms with E-state index >= 15 is 0 Å². The molecule has 5 fully saturated rings. The molecule has 4 aliphatic carbocycles. The van der Waals surface area contributed by atoms with E-state index < -0.39 is 10.0 Å². The molecule has 1 heterocycles. The maximum Gasteiger partial charge on any atom is 0.243 e. The largest absolute Gasteiger partial charge is 0.372 e. The van der Waals surface area contributed by atoms with Crippen LogP contribution in [0.15, 0.2) is 29.2 Å². The van der Waals surface area contributed by atoms with Gasteiger partial charge in [-0.1, -0.05) is 17.7 Å². The van der Waals surface area contributed by atoms with Crippen LogP contribution in [0.25, 0.3) is 0 Å². The number of aryl methyl sites for hydroxylation is 1. The van der Waals surface area contributed by atoms with Crippen molar-refractivity contribution in [2.75, 3.05) is 13.1 Å². The van der Waals surface area contributed by atoms with Gasteiger partial charge in [0.1, 0.15) is 0 Å². The van der Waals surface area contributed by atoms with Crippen LogP contribution in [-0.4, -0.2) is 37.5 Å². The lowest BCUT2D eigenvalue weighted by Gasteiger charge is -2.57. The highest BCUT2D eigenvalue weighted by molar-refractivity contribution is 7.89. The van der Waals surface area contributed by atoms with Crippen molar-refractivity contribution in [3.05, 3.63) is 29.8 Å². The molecule has 1 aliphatic heterocycles. The number of rotatable bonds is 4. The van der Waals surface area contributed by atoms with Gasteiger partial charge >= 0.3 is 0 Å². The molecular weight excluding hydrogens is 358 g/mol. The van der Waals surface area contributed by atoms with Crippen LogP contribution in [0.5, 0.6) is 0 Å². The quantitative estimate of drug-likeness (QED) is 0.778. The highest BCUT2D eigenvalue weighted by atomic mass is 32.2. The smallest absolute Gasteiger partial charge is 0.243 e. The van der Waals surface area contributed by atoms with E-state index in [4.69, 9.17) is 4.74 Å². The Morgan fingerprint density at radius 2 is 1.44 bits per heavy atom. The van der Waals surface area contributed by atoms with E-state index in [0.29, 0.717) is 18.0 Å². The SMILES string of the molecule is Cc1ccc(S(=O)(=O)N2CCC(OC34CC5CC(CC(C5)C3)C4)CC2)cc1. The molecule has 0 aromatic heterocycles. The Morgan fingerprint density at radius 3 is 1.96 bits per heavy atom. The minimum atomic E-state index is -3.38. The molecule has 0 unspecified atom stereocenters. The van der Waals surface area contributed by atoms with Gasteiger partial charge in [0.15, 0.2) is 0 Å². The fraction of sp³-hybridized carbons (Fsp3) is 0.727. The third-order valence-electron chi connectivity index (χ3n) is 7.46. The second-order valence-corrected chi connectivity index (χ2v) is 11.6. The fourth-order valence-corrected chi connectivity index (χ4v) is 8.05. The molecule has 4 nitrogen and oxygen atoms in total. The standard InChI is InChI=1S/C22H31NO3S/c1-16-2-4-21(5-3-16)27(24,25)23-8-6-20(7-9-23)26-22-13-17-10-18(14-22)12-19(11-17)15-22/h2-5,17-20H,6-15H2,1H3. The van der Waals surface area contributed by atoms with Gasteiger partial charge in [0.25, 0.3) is 0 Å². The van der Waals surface area contributed by atoms with Gasteiger partial charge in [0.05, 0.1) is 16.6 Å². The van der Waals surface area contributed by atoms with Crippen molar-refractivity contribution in [2.24, 2.45) is 17.8 Å². The van der Waals surface area contributed by atoms with Crippen molar-refractivity contribution in [1.82, 2.24) is 4.31 Å². The topological polar surface area (TPSA) is 46.6 Å². The van der Waals surface area contributed by atoms with Crippen LogP contribution in [-0.2, 0) is 14.8 Å². The van der Waals surface area contributed by atoms with Crippen molar-refractivity contribution in [3.63, 3.8) is 0 Å². The molecule has 0 amide bonds. The second kappa shape index (κ2) is 6.57. The maximum absolute atomic E-state index is 12.9. The first-order valence-corrected chi connectivity index (χ1v) is 12.1. The molecule has 5 heteroatoms. The van der Waals surface area contributed by atoms with Gasteiger partial charge in [-0.25, -0.2) is 8.42 Å². The van der Waals surface area contributed by atoms with Crippen LogP contribution in [0.1, 0.15) is 56.9 Å². The first-order valence-electron chi connectivity index (χ1n) is 10.7. The van der Waals surface area contributed by atoms with E-state index in [1.165, 1.54) is 38.5 Å². The lowest BCUT2D eigenvalue weighted by atomic mass is 9.54. The summed E-state index contributed by atoms with van der Waals surface area (Å²) in [5.74, 6) is 2.66. The molecule has 0 N–H and O–H groups in total. The fourth-order valence-electron chi connectivity index (χ4n) is 6.58. The van der Waals surface area contributed by atoms with E-state index in [2.05, 4.69) is 0 Å². The summed E-state index contributed by atoms with van der Waals surface area (Å²) in [4.78, 5) is 0.411. The van der Waals surface area contributed by atoms with Crippen LogP contribution in [0.2, 0.25) is 0 Å². The number of benzene rings is 1. The van der Waals surface area contributed by atoms with E-state index in [1.54, 1.807) is 16.4 Å². The highest BCUT2D eigenvalue weighted by Gasteiger charge is 2.52. The number of ether oxygens (including phenoxy) is 1. The molecule has 5 aliphatic rings. The average Bonchev–Trinajstić information content (AvgIpc) is 2.61. The van der Waals surface area contributed by atoms with Gasteiger partial charge in [-0.2, -0.15) is 4.31 Å². The Hall–Kier alpha value is -0.910. The van der Waals surface area contributed by atoms with Crippen LogP contribution >= 0.6 is 0 Å². The predicted molar refractivity (Wildman–Crippen MR) is 105 cm³/mol. The Labute approximate surface area is 163 Å². The van der Waals surface area contributed by atoms with E-state index in [0.717, 1.165) is 36.2 Å². The minimum absolute atomic E-state index is 0.122. The number of sulfonamides is 1. The second-order valence-electron chi connectivity index (χ2n) is 9.63. The van der Waals surface area contributed by atoms with Crippen LogP contribution in [0.4, 0.5) is 0 Å². The molecule has 1 saturated heterocycles. The number of nitrogens with zero attached hydrogens (tertiary/aromatic N) is 1. The Balaban J connectivity index is 1.22. The molecule has 0 atom stereocenters. The monoisotopic (exact) mass is 389 g/mol.